The minimum Gasteiger partial charge on any atom is -0.325 e. The number of aryl methyl sites for hydroxylation is 2. The topological polar surface area (TPSA) is 64.0 Å². The lowest BCUT2D eigenvalue weighted by molar-refractivity contribution is -0.116. The van der Waals surface area contributed by atoms with Crippen molar-refractivity contribution >= 4 is 23.4 Å². The minimum atomic E-state index is -0.381. The van der Waals surface area contributed by atoms with Crippen molar-refractivity contribution in [2.45, 2.75) is 25.0 Å². The molecule has 0 saturated carbocycles. The molecule has 3 rings (SSSR count). The minimum absolute atomic E-state index is 0.156. The summed E-state index contributed by atoms with van der Waals surface area (Å²) < 4.78 is 14.3. The summed E-state index contributed by atoms with van der Waals surface area (Å²) in [5.74, 6) is -0.0159. The largest absolute Gasteiger partial charge is 0.325 e. The van der Waals surface area contributed by atoms with Gasteiger partial charge in [-0.2, -0.15) is 0 Å². The van der Waals surface area contributed by atoms with Crippen LogP contribution in [0.15, 0.2) is 70.6 Å². The Morgan fingerprint density at radius 1 is 1.14 bits per heavy atom. The number of nitrogens with zero attached hydrogens (tertiary/aromatic N) is 2. The SMILES string of the molecule is Cc1cc(=O)n(CC(=O)Nc2ccc(F)cc2)c(SCCc2ccccc2)n1. The van der Waals surface area contributed by atoms with E-state index in [-0.39, 0.29) is 23.8 Å². The number of carbonyl (C=O) groups excluding carboxylic acids is 1. The number of amides is 1. The lowest BCUT2D eigenvalue weighted by Gasteiger charge is -2.12. The molecule has 1 aromatic heterocycles. The maximum Gasteiger partial charge on any atom is 0.254 e. The number of aromatic nitrogens is 2. The van der Waals surface area contributed by atoms with Gasteiger partial charge >= 0.3 is 0 Å². The number of rotatable bonds is 7. The Labute approximate surface area is 166 Å². The van der Waals surface area contributed by atoms with E-state index in [0.29, 0.717) is 16.5 Å². The van der Waals surface area contributed by atoms with Gasteiger partial charge in [-0.05, 0) is 43.2 Å². The van der Waals surface area contributed by atoms with Crippen LogP contribution >= 0.6 is 11.8 Å². The molecule has 0 unspecified atom stereocenters. The summed E-state index contributed by atoms with van der Waals surface area (Å²) in [7, 11) is 0. The van der Waals surface area contributed by atoms with Crippen molar-refractivity contribution in [3.05, 3.63) is 88.1 Å². The molecule has 0 saturated heterocycles. The molecule has 1 N–H and O–H groups in total. The zero-order valence-electron chi connectivity index (χ0n) is 15.4. The second-order valence-electron chi connectivity index (χ2n) is 6.24. The van der Waals surface area contributed by atoms with Crippen LogP contribution in [0.3, 0.4) is 0 Å². The average molecular weight is 397 g/mol. The van der Waals surface area contributed by atoms with Crippen molar-refractivity contribution in [2.24, 2.45) is 0 Å². The van der Waals surface area contributed by atoms with Gasteiger partial charge in [0, 0.05) is 23.2 Å². The third-order valence-electron chi connectivity index (χ3n) is 4.00. The van der Waals surface area contributed by atoms with Gasteiger partial charge in [0.05, 0.1) is 0 Å². The van der Waals surface area contributed by atoms with Crippen LogP contribution < -0.4 is 10.9 Å². The summed E-state index contributed by atoms with van der Waals surface area (Å²) in [6, 6.07) is 16.9. The first kappa shape index (κ1) is 19.8. The van der Waals surface area contributed by atoms with E-state index in [4.69, 9.17) is 0 Å². The molecule has 0 fully saturated rings. The highest BCUT2D eigenvalue weighted by Crippen LogP contribution is 2.17. The lowest BCUT2D eigenvalue weighted by atomic mass is 10.2. The van der Waals surface area contributed by atoms with Crippen molar-refractivity contribution in [1.82, 2.24) is 9.55 Å². The van der Waals surface area contributed by atoms with Gasteiger partial charge < -0.3 is 5.32 Å². The fraction of sp³-hybridized carbons (Fsp3) is 0.190. The predicted molar refractivity (Wildman–Crippen MR) is 109 cm³/mol. The number of benzene rings is 2. The molecule has 1 amide bonds. The van der Waals surface area contributed by atoms with Crippen molar-refractivity contribution < 1.29 is 9.18 Å². The van der Waals surface area contributed by atoms with E-state index in [1.165, 1.54) is 52.2 Å². The molecule has 0 radical (unpaired) electrons. The van der Waals surface area contributed by atoms with E-state index >= 15 is 0 Å². The Bertz CT molecular complexity index is 1000. The van der Waals surface area contributed by atoms with Crippen LogP contribution in [-0.2, 0) is 17.8 Å². The van der Waals surface area contributed by atoms with Crippen LogP contribution in [0.4, 0.5) is 10.1 Å². The van der Waals surface area contributed by atoms with Crippen molar-refractivity contribution in [2.75, 3.05) is 11.1 Å². The van der Waals surface area contributed by atoms with Crippen molar-refractivity contribution in [3.63, 3.8) is 0 Å². The van der Waals surface area contributed by atoms with E-state index < -0.39 is 0 Å². The van der Waals surface area contributed by atoms with E-state index in [9.17, 15) is 14.0 Å². The van der Waals surface area contributed by atoms with Crippen LogP contribution in [0.5, 0.6) is 0 Å². The number of anilines is 1. The van der Waals surface area contributed by atoms with Gasteiger partial charge in [-0.1, -0.05) is 42.1 Å². The Balaban J connectivity index is 1.69. The molecule has 2 aromatic carbocycles. The highest BCUT2D eigenvalue weighted by molar-refractivity contribution is 7.99. The number of nitrogens with one attached hydrogen (secondary N) is 1. The first-order valence-electron chi connectivity index (χ1n) is 8.82. The van der Waals surface area contributed by atoms with E-state index in [0.717, 1.165) is 12.2 Å². The molecule has 0 atom stereocenters. The van der Waals surface area contributed by atoms with Gasteiger partial charge in [-0.15, -0.1) is 0 Å². The third kappa shape index (κ3) is 5.53. The van der Waals surface area contributed by atoms with Crippen LogP contribution in [0.1, 0.15) is 11.3 Å². The molecule has 0 bridgehead atoms. The van der Waals surface area contributed by atoms with Crippen LogP contribution in [0.2, 0.25) is 0 Å². The van der Waals surface area contributed by atoms with Gasteiger partial charge in [-0.3, -0.25) is 14.2 Å². The normalized spacial score (nSPS) is 10.6. The standard InChI is InChI=1S/C21H20FN3O2S/c1-15-13-20(27)25(14-19(26)24-18-9-7-17(22)8-10-18)21(23-15)28-12-11-16-5-3-2-4-6-16/h2-10,13H,11-12,14H2,1H3,(H,24,26). The fourth-order valence-corrected chi connectivity index (χ4v) is 3.67. The molecule has 3 aromatic rings. The fourth-order valence-electron chi connectivity index (χ4n) is 2.63. The second-order valence-corrected chi connectivity index (χ2v) is 7.31. The zero-order chi connectivity index (χ0) is 19.9. The quantitative estimate of drug-likeness (QED) is 0.488. The molecule has 28 heavy (non-hydrogen) atoms. The smallest absolute Gasteiger partial charge is 0.254 e. The highest BCUT2D eigenvalue weighted by Gasteiger charge is 2.12. The van der Waals surface area contributed by atoms with Gasteiger partial charge in [-0.25, -0.2) is 9.37 Å². The Kier molecular flexibility index (Phi) is 6.60. The van der Waals surface area contributed by atoms with Crippen molar-refractivity contribution in [3.8, 4) is 0 Å². The first-order valence-corrected chi connectivity index (χ1v) is 9.80. The molecule has 0 spiro atoms. The monoisotopic (exact) mass is 397 g/mol. The highest BCUT2D eigenvalue weighted by atomic mass is 32.2. The number of hydrogen-bond acceptors (Lipinski definition) is 4. The van der Waals surface area contributed by atoms with Gasteiger partial charge in [0.25, 0.3) is 5.56 Å². The summed E-state index contributed by atoms with van der Waals surface area (Å²) in [6.07, 6.45) is 0.830. The zero-order valence-corrected chi connectivity index (χ0v) is 16.2. The Hall–Kier alpha value is -2.93. The second kappa shape index (κ2) is 9.32. The van der Waals surface area contributed by atoms with Crippen LogP contribution in [0.25, 0.3) is 0 Å². The molecular formula is C21H20FN3O2S. The molecule has 0 aliphatic heterocycles. The first-order chi connectivity index (χ1) is 13.5. The number of thioether (sulfide) groups is 1. The van der Waals surface area contributed by atoms with Gasteiger partial charge in [0.2, 0.25) is 5.91 Å². The maximum atomic E-state index is 13.0. The average Bonchev–Trinajstić information content (AvgIpc) is 2.67. The summed E-state index contributed by atoms with van der Waals surface area (Å²) in [5, 5.41) is 3.18. The Morgan fingerprint density at radius 3 is 2.57 bits per heavy atom. The van der Waals surface area contributed by atoms with E-state index in [2.05, 4.69) is 10.3 Å². The summed E-state index contributed by atoms with van der Waals surface area (Å²) in [5.41, 5.74) is 2.01. The number of halogens is 1. The van der Waals surface area contributed by atoms with Gasteiger partial charge in [0.1, 0.15) is 12.4 Å². The lowest BCUT2D eigenvalue weighted by Crippen LogP contribution is -2.29. The Morgan fingerprint density at radius 2 is 1.86 bits per heavy atom. The molecule has 0 aliphatic rings. The number of carbonyl (C=O) groups is 1. The third-order valence-corrected chi connectivity index (χ3v) is 4.97. The molecule has 144 valence electrons. The van der Waals surface area contributed by atoms with Crippen molar-refractivity contribution in [1.29, 1.82) is 0 Å². The number of hydrogen-bond donors (Lipinski definition) is 1. The molecule has 7 heteroatoms. The van der Waals surface area contributed by atoms with E-state index in [1.54, 1.807) is 6.92 Å². The van der Waals surface area contributed by atoms with E-state index in [1.807, 2.05) is 30.3 Å². The molecular weight excluding hydrogens is 377 g/mol. The summed E-state index contributed by atoms with van der Waals surface area (Å²) in [4.78, 5) is 29.2. The molecule has 1 heterocycles. The predicted octanol–water partition coefficient (Wildman–Crippen LogP) is 3.66. The maximum absolute atomic E-state index is 13.0. The summed E-state index contributed by atoms with van der Waals surface area (Å²) >= 11 is 1.44. The van der Waals surface area contributed by atoms with Gasteiger partial charge in [0.15, 0.2) is 5.16 Å². The van der Waals surface area contributed by atoms with Crippen LogP contribution in [0, 0.1) is 12.7 Å². The molecule has 0 aliphatic carbocycles. The molecule has 5 nitrogen and oxygen atoms in total. The summed E-state index contributed by atoms with van der Waals surface area (Å²) in [6.45, 7) is 1.60. The van der Waals surface area contributed by atoms with Crippen LogP contribution in [-0.4, -0.2) is 21.2 Å².